The highest BCUT2D eigenvalue weighted by Gasteiger charge is 2.21. The lowest BCUT2D eigenvalue weighted by Gasteiger charge is -2.09. The molecule has 146 valence electrons. The van der Waals surface area contributed by atoms with Crippen LogP contribution in [0, 0.1) is 5.82 Å². The number of allylic oxidation sites excluding steroid dienone is 1. The highest BCUT2D eigenvalue weighted by Crippen LogP contribution is 2.35. The third kappa shape index (κ3) is 4.12. The van der Waals surface area contributed by atoms with Crippen LogP contribution >= 0.6 is 11.8 Å². The van der Waals surface area contributed by atoms with Crippen molar-refractivity contribution in [1.82, 2.24) is 25.0 Å². The Kier molecular flexibility index (Phi) is 5.53. The lowest BCUT2D eigenvalue weighted by Crippen LogP contribution is -2.01. The molecular formula is C21H18FN5OS. The number of nitrogens with zero attached hydrogens (tertiary/aromatic N) is 5. The van der Waals surface area contributed by atoms with Gasteiger partial charge in [-0.05, 0) is 31.2 Å². The monoisotopic (exact) mass is 407 g/mol. The van der Waals surface area contributed by atoms with Gasteiger partial charge in [-0.2, -0.15) is 0 Å². The highest BCUT2D eigenvalue weighted by atomic mass is 32.2. The Labute approximate surface area is 171 Å². The Balaban J connectivity index is 1.57. The molecule has 4 aromatic rings. The van der Waals surface area contributed by atoms with E-state index in [9.17, 15) is 4.39 Å². The van der Waals surface area contributed by atoms with Crippen LogP contribution in [0.5, 0.6) is 0 Å². The normalized spacial score (nSPS) is 12.1. The van der Waals surface area contributed by atoms with Crippen LogP contribution in [0.2, 0.25) is 0 Å². The second kappa shape index (κ2) is 8.40. The van der Waals surface area contributed by atoms with Crippen molar-refractivity contribution in [2.75, 3.05) is 0 Å². The molecule has 2 heterocycles. The molecular weight excluding hydrogens is 389 g/mol. The van der Waals surface area contributed by atoms with Gasteiger partial charge in [0.1, 0.15) is 5.82 Å². The number of thioether (sulfide) groups is 1. The first-order valence-electron chi connectivity index (χ1n) is 9.01. The average Bonchev–Trinajstić information content (AvgIpc) is 3.38. The van der Waals surface area contributed by atoms with Crippen LogP contribution in [-0.2, 0) is 6.54 Å². The fourth-order valence-electron chi connectivity index (χ4n) is 2.79. The van der Waals surface area contributed by atoms with E-state index < -0.39 is 0 Å². The van der Waals surface area contributed by atoms with Gasteiger partial charge in [-0.3, -0.25) is 4.57 Å². The van der Waals surface area contributed by atoms with Crippen molar-refractivity contribution in [1.29, 1.82) is 0 Å². The predicted molar refractivity (Wildman–Crippen MR) is 110 cm³/mol. The molecule has 0 aliphatic heterocycles. The average molecular weight is 407 g/mol. The SMILES string of the molecule is C=CCn1c(S[C@H](C)c2nnc(-c3ccc(F)cc3)o2)nnc1-c1ccccc1. The molecule has 0 saturated carbocycles. The second-order valence-corrected chi connectivity index (χ2v) is 7.59. The van der Waals surface area contributed by atoms with Crippen LogP contribution in [0.25, 0.3) is 22.8 Å². The summed E-state index contributed by atoms with van der Waals surface area (Å²) in [5.74, 6) is 1.28. The zero-order valence-electron chi connectivity index (χ0n) is 15.7. The minimum absolute atomic E-state index is 0.145. The maximum absolute atomic E-state index is 13.1. The van der Waals surface area contributed by atoms with Crippen LogP contribution < -0.4 is 0 Å². The smallest absolute Gasteiger partial charge is 0.247 e. The lowest BCUT2D eigenvalue weighted by molar-refractivity contribution is 0.508. The molecule has 0 saturated heterocycles. The van der Waals surface area contributed by atoms with Crippen LogP contribution in [0.15, 0.2) is 76.8 Å². The van der Waals surface area contributed by atoms with Crippen LogP contribution in [0.4, 0.5) is 4.39 Å². The van der Waals surface area contributed by atoms with E-state index in [0.717, 1.165) is 16.5 Å². The molecule has 29 heavy (non-hydrogen) atoms. The Bertz CT molecular complexity index is 1110. The Hall–Kier alpha value is -3.26. The quantitative estimate of drug-likeness (QED) is 0.311. The summed E-state index contributed by atoms with van der Waals surface area (Å²) in [5.41, 5.74) is 1.65. The number of benzene rings is 2. The molecule has 1 atom stereocenters. The molecule has 0 spiro atoms. The fourth-order valence-corrected chi connectivity index (χ4v) is 3.68. The molecule has 4 rings (SSSR count). The highest BCUT2D eigenvalue weighted by molar-refractivity contribution is 7.99. The van der Waals surface area contributed by atoms with E-state index in [2.05, 4.69) is 27.0 Å². The summed E-state index contributed by atoms with van der Waals surface area (Å²) in [7, 11) is 0. The van der Waals surface area contributed by atoms with Gasteiger partial charge in [-0.1, -0.05) is 48.2 Å². The second-order valence-electron chi connectivity index (χ2n) is 6.28. The fraction of sp³-hybridized carbons (Fsp3) is 0.143. The number of hydrogen-bond acceptors (Lipinski definition) is 6. The van der Waals surface area contributed by atoms with Crippen LogP contribution in [0.3, 0.4) is 0 Å². The summed E-state index contributed by atoms with van der Waals surface area (Å²) in [6.45, 7) is 6.38. The molecule has 0 fully saturated rings. The Morgan fingerprint density at radius 1 is 1.03 bits per heavy atom. The van der Waals surface area contributed by atoms with Gasteiger partial charge in [0, 0.05) is 17.7 Å². The number of aromatic nitrogens is 5. The van der Waals surface area contributed by atoms with Crippen molar-refractivity contribution >= 4 is 11.8 Å². The molecule has 0 N–H and O–H groups in total. The van der Waals surface area contributed by atoms with E-state index in [1.54, 1.807) is 12.1 Å². The van der Waals surface area contributed by atoms with Crippen molar-refractivity contribution in [3.8, 4) is 22.8 Å². The molecule has 8 heteroatoms. The molecule has 0 aliphatic carbocycles. The number of rotatable bonds is 7. The molecule has 0 bridgehead atoms. The van der Waals surface area contributed by atoms with Gasteiger partial charge in [0.05, 0.1) is 5.25 Å². The lowest BCUT2D eigenvalue weighted by atomic mass is 10.2. The van der Waals surface area contributed by atoms with Gasteiger partial charge in [0.25, 0.3) is 0 Å². The first kappa shape index (κ1) is 19.1. The molecule has 2 aromatic heterocycles. The minimum Gasteiger partial charge on any atom is -0.419 e. The summed E-state index contributed by atoms with van der Waals surface area (Å²) < 4.78 is 20.9. The molecule has 6 nitrogen and oxygen atoms in total. The van der Waals surface area contributed by atoms with Crippen molar-refractivity contribution in [2.24, 2.45) is 0 Å². The van der Waals surface area contributed by atoms with E-state index in [0.29, 0.717) is 23.9 Å². The zero-order valence-corrected chi connectivity index (χ0v) is 16.5. The third-order valence-electron chi connectivity index (χ3n) is 4.22. The molecule has 0 amide bonds. The van der Waals surface area contributed by atoms with Gasteiger partial charge in [0.2, 0.25) is 11.8 Å². The summed E-state index contributed by atoms with van der Waals surface area (Å²) in [6, 6.07) is 15.8. The van der Waals surface area contributed by atoms with Crippen molar-refractivity contribution in [2.45, 2.75) is 23.9 Å². The van der Waals surface area contributed by atoms with E-state index in [1.807, 2.05) is 47.9 Å². The molecule has 2 aromatic carbocycles. The minimum atomic E-state index is -0.312. The number of halogens is 1. The Morgan fingerprint density at radius 2 is 1.79 bits per heavy atom. The van der Waals surface area contributed by atoms with Crippen molar-refractivity contribution < 1.29 is 8.81 Å². The molecule has 0 radical (unpaired) electrons. The van der Waals surface area contributed by atoms with Crippen LogP contribution in [-0.4, -0.2) is 25.0 Å². The Morgan fingerprint density at radius 3 is 2.52 bits per heavy atom. The first-order valence-corrected chi connectivity index (χ1v) is 9.89. The maximum Gasteiger partial charge on any atom is 0.247 e. The topological polar surface area (TPSA) is 69.6 Å². The number of hydrogen-bond donors (Lipinski definition) is 0. The van der Waals surface area contributed by atoms with Gasteiger partial charge in [0.15, 0.2) is 11.0 Å². The summed E-state index contributed by atoms with van der Waals surface area (Å²) in [4.78, 5) is 0. The largest absolute Gasteiger partial charge is 0.419 e. The van der Waals surface area contributed by atoms with Crippen molar-refractivity contribution in [3.63, 3.8) is 0 Å². The van der Waals surface area contributed by atoms with E-state index in [1.165, 1.54) is 23.9 Å². The van der Waals surface area contributed by atoms with Gasteiger partial charge < -0.3 is 4.42 Å². The van der Waals surface area contributed by atoms with E-state index in [-0.39, 0.29) is 11.1 Å². The van der Waals surface area contributed by atoms with Gasteiger partial charge in [-0.15, -0.1) is 27.0 Å². The predicted octanol–water partition coefficient (Wildman–Crippen LogP) is 5.17. The maximum atomic E-state index is 13.1. The molecule has 0 aliphatic rings. The van der Waals surface area contributed by atoms with E-state index >= 15 is 0 Å². The summed E-state index contributed by atoms with van der Waals surface area (Å²) in [5, 5.41) is 17.5. The van der Waals surface area contributed by atoms with E-state index in [4.69, 9.17) is 4.42 Å². The van der Waals surface area contributed by atoms with Gasteiger partial charge >= 0.3 is 0 Å². The third-order valence-corrected chi connectivity index (χ3v) is 5.29. The van der Waals surface area contributed by atoms with Crippen molar-refractivity contribution in [3.05, 3.63) is 79.0 Å². The molecule has 0 unspecified atom stereocenters. The zero-order chi connectivity index (χ0) is 20.2. The van der Waals surface area contributed by atoms with Crippen LogP contribution in [0.1, 0.15) is 18.1 Å². The summed E-state index contributed by atoms with van der Waals surface area (Å²) in [6.07, 6.45) is 1.81. The standard InChI is InChI=1S/C21H18FN5OS/c1-3-13-27-18(15-7-5-4-6-8-15)23-26-21(27)29-14(2)19-24-25-20(28-19)16-9-11-17(22)12-10-16/h3-12,14H,1,13H2,2H3/t14-/m1/s1. The summed E-state index contributed by atoms with van der Waals surface area (Å²) >= 11 is 1.48. The first-order chi connectivity index (χ1) is 14.2. The van der Waals surface area contributed by atoms with Gasteiger partial charge in [-0.25, -0.2) is 4.39 Å².